The highest BCUT2D eigenvalue weighted by molar-refractivity contribution is 5.71. The molecule has 0 fully saturated rings. The Morgan fingerprint density at radius 1 is 1.53 bits per heavy atom. The van der Waals surface area contributed by atoms with Crippen LogP contribution in [-0.4, -0.2) is 18.2 Å². The molecule has 0 radical (unpaired) electrons. The van der Waals surface area contributed by atoms with Gasteiger partial charge in [-0.2, -0.15) is 0 Å². The minimum absolute atomic E-state index is 0.0249. The molecule has 0 saturated heterocycles. The van der Waals surface area contributed by atoms with Crippen LogP contribution in [0.4, 0.5) is 0 Å². The molecule has 0 aromatic heterocycles. The molecule has 0 aliphatic rings. The van der Waals surface area contributed by atoms with Crippen LogP contribution in [0.1, 0.15) is 17.5 Å². The zero-order valence-corrected chi connectivity index (χ0v) is 8.86. The van der Waals surface area contributed by atoms with Crippen molar-refractivity contribution in [1.82, 2.24) is 0 Å². The first-order valence-electron chi connectivity index (χ1n) is 4.66. The van der Waals surface area contributed by atoms with Crippen LogP contribution in [0.5, 0.6) is 5.75 Å². The number of methoxy groups -OCH3 is 1. The maximum atomic E-state index is 10.3. The summed E-state index contributed by atoms with van der Waals surface area (Å²) in [6, 6.07) is 5.78. The van der Waals surface area contributed by atoms with Crippen LogP contribution >= 0.6 is 0 Å². The normalized spacial score (nSPS) is 10.5. The van der Waals surface area contributed by atoms with E-state index in [9.17, 15) is 4.79 Å². The van der Waals surface area contributed by atoms with Gasteiger partial charge in [-0.05, 0) is 19.1 Å². The molecule has 0 aliphatic heterocycles. The quantitative estimate of drug-likeness (QED) is 0.823. The summed E-state index contributed by atoms with van der Waals surface area (Å²) in [7, 11) is 1.60. The maximum Gasteiger partial charge on any atom is 0.307 e. The monoisotopic (exact) mass is 206 g/mol. The van der Waals surface area contributed by atoms with Gasteiger partial charge in [0.1, 0.15) is 5.75 Å². The molecule has 0 heterocycles. The van der Waals surface area contributed by atoms with E-state index in [0.29, 0.717) is 0 Å². The molecular weight excluding hydrogens is 192 g/mol. The van der Waals surface area contributed by atoms with E-state index in [2.05, 4.69) is 0 Å². The first kappa shape index (κ1) is 11.3. The van der Waals surface area contributed by atoms with E-state index < -0.39 is 5.97 Å². The zero-order chi connectivity index (χ0) is 11.3. The predicted molar refractivity (Wildman–Crippen MR) is 59.0 cm³/mol. The van der Waals surface area contributed by atoms with Crippen LogP contribution in [0.2, 0.25) is 0 Å². The Labute approximate surface area is 89.0 Å². The van der Waals surface area contributed by atoms with Crippen LogP contribution in [-0.2, 0) is 4.79 Å². The molecule has 1 aromatic carbocycles. The number of hydrogen-bond acceptors (Lipinski definition) is 2. The van der Waals surface area contributed by atoms with Crippen molar-refractivity contribution in [3.05, 3.63) is 35.4 Å². The van der Waals surface area contributed by atoms with Crippen LogP contribution < -0.4 is 4.74 Å². The van der Waals surface area contributed by atoms with Crippen molar-refractivity contribution in [1.29, 1.82) is 0 Å². The molecular formula is C12H14O3. The maximum absolute atomic E-state index is 10.3. The van der Waals surface area contributed by atoms with E-state index in [0.717, 1.165) is 16.9 Å². The Balaban J connectivity index is 2.87. The van der Waals surface area contributed by atoms with Gasteiger partial charge in [-0.3, -0.25) is 4.79 Å². The average molecular weight is 206 g/mol. The lowest BCUT2D eigenvalue weighted by atomic mass is 10.1. The summed E-state index contributed by atoms with van der Waals surface area (Å²) in [5, 5.41) is 8.49. The van der Waals surface area contributed by atoms with Crippen LogP contribution in [0.3, 0.4) is 0 Å². The van der Waals surface area contributed by atoms with Gasteiger partial charge in [0, 0.05) is 5.56 Å². The zero-order valence-electron chi connectivity index (χ0n) is 8.86. The van der Waals surface area contributed by atoms with Crippen molar-refractivity contribution in [2.75, 3.05) is 7.11 Å². The topological polar surface area (TPSA) is 46.5 Å². The van der Waals surface area contributed by atoms with E-state index in [1.807, 2.05) is 25.1 Å². The van der Waals surface area contributed by atoms with Gasteiger partial charge in [0.15, 0.2) is 0 Å². The number of ether oxygens (including phenoxy) is 1. The highest BCUT2D eigenvalue weighted by atomic mass is 16.5. The summed E-state index contributed by atoms with van der Waals surface area (Å²) in [6.45, 7) is 1.98. The molecule has 15 heavy (non-hydrogen) atoms. The first-order valence-corrected chi connectivity index (χ1v) is 4.66. The van der Waals surface area contributed by atoms with E-state index in [4.69, 9.17) is 9.84 Å². The van der Waals surface area contributed by atoms with E-state index in [1.165, 1.54) is 0 Å². The standard InChI is InChI=1S/C12H14O3/c1-9-6-7-11(15-2)10(8-9)4-3-5-12(13)14/h3-4,6-8H,5H2,1-2H3,(H,13,14). The SMILES string of the molecule is COc1ccc(C)cc1C=CCC(=O)O. The number of benzene rings is 1. The highest BCUT2D eigenvalue weighted by Crippen LogP contribution is 2.21. The van der Waals surface area contributed by atoms with Crippen LogP contribution in [0, 0.1) is 6.92 Å². The van der Waals surface area contributed by atoms with Gasteiger partial charge < -0.3 is 9.84 Å². The Kier molecular flexibility index (Phi) is 3.92. The third-order valence-corrected chi connectivity index (χ3v) is 1.98. The summed E-state index contributed by atoms with van der Waals surface area (Å²) in [5.41, 5.74) is 2.02. The average Bonchev–Trinajstić information content (AvgIpc) is 2.17. The van der Waals surface area contributed by atoms with E-state index in [-0.39, 0.29) is 6.42 Å². The molecule has 3 nitrogen and oxygen atoms in total. The largest absolute Gasteiger partial charge is 0.496 e. The van der Waals surface area contributed by atoms with Gasteiger partial charge in [-0.25, -0.2) is 0 Å². The van der Waals surface area contributed by atoms with E-state index >= 15 is 0 Å². The van der Waals surface area contributed by atoms with Crippen molar-refractivity contribution in [3.63, 3.8) is 0 Å². The fraction of sp³-hybridized carbons (Fsp3) is 0.250. The number of aliphatic carboxylic acids is 1. The minimum Gasteiger partial charge on any atom is -0.496 e. The smallest absolute Gasteiger partial charge is 0.307 e. The van der Waals surface area contributed by atoms with Crippen molar-refractivity contribution < 1.29 is 14.6 Å². The van der Waals surface area contributed by atoms with Crippen molar-refractivity contribution >= 4 is 12.0 Å². The number of carboxylic acids is 1. The third kappa shape index (κ3) is 3.46. The summed E-state index contributed by atoms with van der Waals surface area (Å²) >= 11 is 0. The molecule has 3 heteroatoms. The van der Waals surface area contributed by atoms with Crippen molar-refractivity contribution in [3.8, 4) is 5.75 Å². The van der Waals surface area contributed by atoms with Crippen molar-refractivity contribution in [2.24, 2.45) is 0 Å². The third-order valence-electron chi connectivity index (χ3n) is 1.98. The lowest BCUT2D eigenvalue weighted by Gasteiger charge is -2.05. The number of aryl methyl sites for hydroxylation is 1. The van der Waals surface area contributed by atoms with Gasteiger partial charge in [-0.15, -0.1) is 0 Å². The fourth-order valence-corrected chi connectivity index (χ4v) is 1.27. The second-order valence-corrected chi connectivity index (χ2v) is 3.25. The van der Waals surface area contributed by atoms with Crippen LogP contribution in [0.25, 0.3) is 6.08 Å². The van der Waals surface area contributed by atoms with Crippen LogP contribution in [0.15, 0.2) is 24.3 Å². The summed E-state index contributed by atoms with van der Waals surface area (Å²) in [4.78, 5) is 10.3. The Morgan fingerprint density at radius 3 is 2.87 bits per heavy atom. The fourth-order valence-electron chi connectivity index (χ4n) is 1.27. The highest BCUT2D eigenvalue weighted by Gasteiger charge is 1.99. The van der Waals surface area contributed by atoms with Gasteiger partial charge in [0.25, 0.3) is 0 Å². The molecule has 0 aliphatic carbocycles. The summed E-state index contributed by atoms with van der Waals surface area (Å²) in [5.74, 6) is -0.0832. The molecule has 0 amide bonds. The molecule has 0 unspecified atom stereocenters. The Hall–Kier alpha value is -1.77. The van der Waals surface area contributed by atoms with Gasteiger partial charge >= 0.3 is 5.97 Å². The number of rotatable bonds is 4. The molecule has 1 aromatic rings. The Bertz CT molecular complexity index is 380. The lowest BCUT2D eigenvalue weighted by molar-refractivity contribution is -0.135. The molecule has 1 N–H and O–H groups in total. The molecule has 0 bridgehead atoms. The molecule has 0 saturated carbocycles. The molecule has 1 rings (SSSR count). The first-order chi connectivity index (χ1) is 7.13. The van der Waals surface area contributed by atoms with Gasteiger partial charge in [0.2, 0.25) is 0 Å². The molecule has 80 valence electrons. The predicted octanol–water partition coefficient (Wildman–Crippen LogP) is 2.49. The summed E-state index contributed by atoms with van der Waals surface area (Å²) in [6.07, 6.45) is 3.40. The number of carbonyl (C=O) groups is 1. The summed E-state index contributed by atoms with van der Waals surface area (Å²) < 4.78 is 5.16. The minimum atomic E-state index is -0.835. The van der Waals surface area contributed by atoms with Gasteiger partial charge in [-0.1, -0.05) is 23.8 Å². The second kappa shape index (κ2) is 5.20. The van der Waals surface area contributed by atoms with E-state index in [1.54, 1.807) is 19.3 Å². The second-order valence-electron chi connectivity index (χ2n) is 3.25. The molecule has 0 spiro atoms. The van der Waals surface area contributed by atoms with Crippen molar-refractivity contribution in [2.45, 2.75) is 13.3 Å². The number of carboxylic acid groups (broad SMARTS) is 1. The number of hydrogen-bond donors (Lipinski definition) is 1. The lowest BCUT2D eigenvalue weighted by Crippen LogP contribution is -1.91. The Morgan fingerprint density at radius 2 is 2.27 bits per heavy atom. The molecule has 0 atom stereocenters. The van der Waals surface area contributed by atoms with Gasteiger partial charge in [0.05, 0.1) is 13.5 Å².